The van der Waals surface area contributed by atoms with Gasteiger partial charge in [0, 0.05) is 49.6 Å². The van der Waals surface area contributed by atoms with Crippen LogP contribution >= 0.6 is 23.2 Å². The number of rotatable bonds is 5. The van der Waals surface area contributed by atoms with E-state index < -0.39 is 0 Å². The van der Waals surface area contributed by atoms with Gasteiger partial charge in [-0.05, 0) is 44.0 Å². The van der Waals surface area contributed by atoms with Gasteiger partial charge in [0.15, 0.2) is 0 Å². The zero-order valence-electron chi connectivity index (χ0n) is 18.1. The lowest BCUT2D eigenvalue weighted by Crippen LogP contribution is -2.32. The SMILES string of the molecule is Cc1ccc(O[C@H](C)C2CN(C(=O)c3cnc(C)nc3)C[C@H]2c2ccc(Cl)c(Cl)c2)nc1. The maximum absolute atomic E-state index is 13.2. The fraction of sp³-hybridized carbons (Fsp3) is 0.333. The molecular formula is C24H24Cl2N4O2. The van der Waals surface area contributed by atoms with Gasteiger partial charge in [0.2, 0.25) is 5.88 Å². The number of aryl methyl sites for hydroxylation is 2. The fourth-order valence-electron chi connectivity index (χ4n) is 4.05. The third-order valence-corrected chi connectivity index (χ3v) is 6.58. The summed E-state index contributed by atoms with van der Waals surface area (Å²) < 4.78 is 6.18. The van der Waals surface area contributed by atoms with E-state index in [0.717, 1.165) is 11.1 Å². The van der Waals surface area contributed by atoms with Gasteiger partial charge >= 0.3 is 0 Å². The molecule has 3 aromatic rings. The molecule has 0 aliphatic carbocycles. The van der Waals surface area contributed by atoms with Gasteiger partial charge in [-0.1, -0.05) is 35.3 Å². The predicted molar refractivity (Wildman–Crippen MR) is 124 cm³/mol. The van der Waals surface area contributed by atoms with Crippen molar-refractivity contribution >= 4 is 29.1 Å². The summed E-state index contributed by atoms with van der Waals surface area (Å²) in [6, 6.07) is 9.46. The van der Waals surface area contributed by atoms with Crippen LogP contribution in [0.15, 0.2) is 48.9 Å². The average Bonchev–Trinajstić information content (AvgIpc) is 3.23. The second kappa shape index (κ2) is 9.43. The molecule has 1 aromatic carbocycles. The Morgan fingerprint density at radius 3 is 2.44 bits per heavy atom. The Morgan fingerprint density at radius 2 is 1.78 bits per heavy atom. The van der Waals surface area contributed by atoms with Gasteiger partial charge in [0.1, 0.15) is 11.9 Å². The minimum absolute atomic E-state index is 0.0283. The van der Waals surface area contributed by atoms with E-state index in [0.29, 0.717) is 40.4 Å². The van der Waals surface area contributed by atoms with E-state index in [2.05, 4.69) is 15.0 Å². The van der Waals surface area contributed by atoms with E-state index in [1.807, 2.05) is 43.0 Å². The number of carbonyl (C=O) groups is 1. The third-order valence-electron chi connectivity index (χ3n) is 5.85. The number of hydrogen-bond acceptors (Lipinski definition) is 5. The highest BCUT2D eigenvalue weighted by Gasteiger charge is 2.40. The molecule has 3 atom stereocenters. The van der Waals surface area contributed by atoms with Crippen LogP contribution in [-0.4, -0.2) is 45.0 Å². The Bertz CT molecular complexity index is 1110. The number of hydrogen-bond donors (Lipinski definition) is 0. The number of likely N-dealkylation sites (tertiary alicyclic amines) is 1. The number of amides is 1. The molecule has 0 spiro atoms. The quantitative estimate of drug-likeness (QED) is 0.517. The predicted octanol–water partition coefficient (Wildman–Crippen LogP) is 5.12. The summed E-state index contributed by atoms with van der Waals surface area (Å²) >= 11 is 12.4. The van der Waals surface area contributed by atoms with E-state index in [-0.39, 0.29) is 23.8 Å². The Hall–Kier alpha value is -2.70. The highest BCUT2D eigenvalue weighted by Crippen LogP contribution is 2.38. The molecule has 1 saturated heterocycles. The van der Waals surface area contributed by atoms with Gasteiger partial charge in [0.25, 0.3) is 5.91 Å². The lowest BCUT2D eigenvalue weighted by atomic mass is 9.86. The number of benzene rings is 1. The molecule has 0 saturated carbocycles. The highest BCUT2D eigenvalue weighted by atomic mass is 35.5. The fourth-order valence-corrected chi connectivity index (χ4v) is 4.36. The van der Waals surface area contributed by atoms with Gasteiger partial charge in [-0.25, -0.2) is 15.0 Å². The lowest BCUT2D eigenvalue weighted by molar-refractivity contribution is 0.0769. The first-order chi connectivity index (χ1) is 15.3. The topological polar surface area (TPSA) is 68.2 Å². The molecule has 6 nitrogen and oxygen atoms in total. The molecule has 1 unspecified atom stereocenters. The van der Waals surface area contributed by atoms with Gasteiger partial charge in [0.05, 0.1) is 15.6 Å². The molecule has 1 aliphatic rings. The maximum atomic E-state index is 13.2. The monoisotopic (exact) mass is 470 g/mol. The van der Waals surface area contributed by atoms with Crippen LogP contribution in [-0.2, 0) is 0 Å². The van der Waals surface area contributed by atoms with E-state index in [1.165, 1.54) is 0 Å². The van der Waals surface area contributed by atoms with Gasteiger partial charge in [-0.15, -0.1) is 0 Å². The summed E-state index contributed by atoms with van der Waals surface area (Å²) in [5, 5.41) is 0.997. The second-order valence-electron chi connectivity index (χ2n) is 8.17. The van der Waals surface area contributed by atoms with Crippen molar-refractivity contribution in [3.05, 3.63) is 81.5 Å². The number of halogens is 2. The van der Waals surface area contributed by atoms with E-state index >= 15 is 0 Å². The number of ether oxygens (including phenoxy) is 1. The van der Waals surface area contributed by atoms with Gasteiger partial charge in [-0.2, -0.15) is 0 Å². The molecule has 0 bridgehead atoms. The average molecular weight is 471 g/mol. The summed E-state index contributed by atoms with van der Waals surface area (Å²) in [5.41, 5.74) is 2.56. The summed E-state index contributed by atoms with van der Waals surface area (Å²) in [5.74, 6) is 1.15. The molecule has 32 heavy (non-hydrogen) atoms. The molecule has 2 aromatic heterocycles. The van der Waals surface area contributed by atoms with Crippen molar-refractivity contribution in [3.8, 4) is 5.88 Å². The van der Waals surface area contributed by atoms with Crippen molar-refractivity contribution in [2.24, 2.45) is 5.92 Å². The second-order valence-corrected chi connectivity index (χ2v) is 8.98. The van der Waals surface area contributed by atoms with Crippen molar-refractivity contribution in [2.75, 3.05) is 13.1 Å². The summed E-state index contributed by atoms with van der Waals surface area (Å²) in [4.78, 5) is 27.7. The van der Waals surface area contributed by atoms with Crippen LogP contribution < -0.4 is 4.74 Å². The Labute approximate surface area is 197 Å². The van der Waals surface area contributed by atoms with Crippen molar-refractivity contribution in [2.45, 2.75) is 32.8 Å². The van der Waals surface area contributed by atoms with Crippen LogP contribution in [0.4, 0.5) is 0 Å². The molecule has 1 amide bonds. The summed E-state index contributed by atoms with van der Waals surface area (Å²) in [6.45, 7) is 6.85. The smallest absolute Gasteiger partial charge is 0.257 e. The molecular weight excluding hydrogens is 447 g/mol. The maximum Gasteiger partial charge on any atom is 0.257 e. The Morgan fingerprint density at radius 1 is 1.03 bits per heavy atom. The van der Waals surface area contributed by atoms with Gasteiger partial charge in [-0.3, -0.25) is 4.79 Å². The highest BCUT2D eigenvalue weighted by molar-refractivity contribution is 6.42. The van der Waals surface area contributed by atoms with Crippen molar-refractivity contribution in [1.29, 1.82) is 0 Å². The van der Waals surface area contributed by atoms with Crippen molar-refractivity contribution in [3.63, 3.8) is 0 Å². The van der Waals surface area contributed by atoms with Crippen molar-refractivity contribution < 1.29 is 9.53 Å². The largest absolute Gasteiger partial charge is 0.474 e. The molecule has 8 heteroatoms. The van der Waals surface area contributed by atoms with E-state index in [9.17, 15) is 4.79 Å². The first-order valence-corrected chi connectivity index (χ1v) is 11.2. The molecule has 3 heterocycles. The first-order valence-electron chi connectivity index (χ1n) is 10.4. The molecule has 166 valence electrons. The molecule has 1 aliphatic heterocycles. The van der Waals surface area contributed by atoms with Crippen LogP contribution in [0.25, 0.3) is 0 Å². The minimum Gasteiger partial charge on any atom is -0.474 e. The zero-order valence-corrected chi connectivity index (χ0v) is 19.6. The van der Waals surface area contributed by atoms with E-state index in [1.54, 1.807) is 31.6 Å². The minimum atomic E-state index is -0.184. The van der Waals surface area contributed by atoms with Crippen LogP contribution in [0.3, 0.4) is 0 Å². The molecule has 0 N–H and O–H groups in total. The summed E-state index contributed by atoms with van der Waals surface area (Å²) in [7, 11) is 0. The Balaban J connectivity index is 1.61. The normalized spacial score (nSPS) is 19.1. The van der Waals surface area contributed by atoms with Crippen LogP contribution in [0.5, 0.6) is 5.88 Å². The number of pyridine rings is 1. The molecule has 4 rings (SSSR count). The summed E-state index contributed by atoms with van der Waals surface area (Å²) in [6.07, 6.45) is 4.74. The number of nitrogens with zero attached hydrogens (tertiary/aromatic N) is 4. The van der Waals surface area contributed by atoms with Crippen LogP contribution in [0, 0.1) is 19.8 Å². The third kappa shape index (κ3) is 4.87. The standard InChI is InChI=1S/C24H24Cl2N4O2/c1-14-4-7-23(29-9-14)32-15(2)19-12-30(24(31)18-10-27-16(3)28-11-18)13-20(19)17-5-6-21(25)22(26)8-17/h4-11,15,19-20H,12-13H2,1-3H3/t15-,19?,20+/m1/s1. The molecule has 1 fully saturated rings. The first kappa shape index (κ1) is 22.5. The zero-order chi connectivity index (χ0) is 22.8. The number of carbonyl (C=O) groups excluding carboxylic acids is 1. The number of aromatic nitrogens is 3. The van der Waals surface area contributed by atoms with Crippen molar-refractivity contribution in [1.82, 2.24) is 19.9 Å². The lowest BCUT2D eigenvalue weighted by Gasteiger charge is -2.25. The molecule has 0 radical (unpaired) electrons. The van der Waals surface area contributed by atoms with E-state index in [4.69, 9.17) is 27.9 Å². The van der Waals surface area contributed by atoms with Gasteiger partial charge < -0.3 is 9.64 Å². The Kier molecular flexibility index (Phi) is 6.63. The van der Waals surface area contributed by atoms with Crippen LogP contribution in [0.2, 0.25) is 10.0 Å². The van der Waals surface area contributed by atoms with Crippen LogP contribution in [0.1, 0.15) is 40.2 Å².